The van der Waals surface area contributed by atoms with E-state index in [9.17, 15) is 9.59 Å². The molecular formula is C26H23ClN6O2S. The van der Waals surface area contributed by atoms with Crippen LogP contribution in [0, 0.1) is 0 Å². The van der Waals surface area contributed by atoms with E-state index in [2.05, 4.69) is 25.5 Å². The monoisotopic (exact) mass is 518 g/mol. The number of likely N-dealkylation sites (tertiary alicyclic amines) is 1. The summed E-state index contributed by atoms with van der Waals surface area (Å²) in [5.74, 6) is 0.0819. The smallest absolute Gasteiger partial charge is 0.321 e. The lowest BCUT2D eigenvalue weighted by atomic mass is 10.1. The van der Waals surface area contributed by atoms with Crippen molar-refractivity contribution in [2.75, 3.05) is 28.6 Å². The standard InChI is InChI=1S/C26H23ClN6O2S/c27-18-6-2-3-7-19(18)33-23-20-21(31-26(33)35)22(36-25(20)29-15-28-23)24(34)30-17-10-8-16(9-11-17)14-32-12-4-1-5-13-32/h2-3,6-11,15H,1,4-5,12-14H2,(H,30,34)(H,31,35). The van der Waals surface area contributed by atoms with Gasteiger partial charge in [0.15, 0.2) is 5.82 Å². The minimum absolute atomic E-state index is 0.311. The highest BCUT2D eigenvalue weighted by Crippen LogP contribution is 2.45. The Kier molecular flexibility index (Phi) is 6.04. The van der Waals surface area contributed by atoms with Crippen molar-refractivity contribution in [1.29, 1.82) is 0 Å². The molecule has 0 unspecified atom stereocenters. The molecule has 36 heavy (non-hydrogen) atoms. The molecule has 4 heterocycles. The predicted octanol–water partition coefficient (Wildman–Crippen LogP) is 6.27. The van der Waals surface area contributed by atoms with Crippen molar-refractivity contribution >= 4 is 68.0 Å². The van der Waals surface area contributed by atoms with Gasteiger partial charge in [0, 0.05) is 12.2 Å². The summed E-state index contributed by atoms with van der Waals surface area (Å²) in [6.07, 6.45) is 5.21. The van der Waals surface area contributed by atoms with Crippen LogP contribution in [-0.4, -0.2) is 39.9 Å². The summed E-state index contributed by atoms with van der Waals surface area (Å²) in [5.41, 5.74) is 2.83. The second-order valence-corrected chi connectivity index (χ2v) is 10.3. The van der Waals surface area contributed by atoms with E-state index in [1.807, 2.05) is 24.3 Å². The highest BCUT2D eigenvalue weighted by molar-refractivity contribution is 7.21. The van der Waals surface area contributed by atoms with Gasteiger partial charge in [-0.3, -0.25) is 9.69 Å². The third kappa shape index (κ3) is 4.19. The van der Waals surface area contributed by atoms with E-state index >= 15 is 0 Å². The third-order valence-corrected chi connectivity index (χ3v) is 7.90. The van der Waals surface area contributed by atoms with Crippen molar-refractivity contribution in [3.63, 3.8) is 0 Å². The number of thiophene rings is 1. The number of carbonyl (C=O) groups excluding carboxylic acids is 2. The van der Waals surface area contributed by atoms with E-state index in [1.165, 1.54) is 47.4 Å². The Morgan fingerprint density at radius 3 is 2.61 bits per heavy atom. The van der Waals surface area contributed by atoms with Gasteiger partial charge in [0.25, 0.3) is 5.91 Å². The molecule has 0 spiro atoms. The first-order chi connectivity index (χ1) is 17.6. The van der Waals surface area contributed by atoms with Crippen molar-refractivity contribution in [2.24, 2.45) is 0 Å². The molecule has 1 saturated heterocycles. The molecule has 0 saturated carbocycles. The average molecular weight is 519 g/mol. The molecule has 1 fully saturated rings. The molecule has 0 aliphatic carbocycles. The molecular weight excluding hydrogens is 496 g/mol. The van der Waals surface area contributed by atoms with E-state index in [-0.39, 0.29) is 5.91 Å². The van der Waals surface area contributed by atoms with E-state index in [4.69, 9.17) is 11.6 Å². The van der Waals surface area contributed by atoms with Crippen LogP contribution in [0.2, 0.25) is 5.02 Å². The Morgan fingerprint density at radius 2 is 1.83 bits per heavy atom. The fourth-order valence-corrected chi connectivity index (χ4v) is 5.95. The maximum Gasteiger partial charge on any atom is 0.332 e. The number of halogens is 1. The number of anilines is 4. The van der Waals surface area contributed by atoms with E-state index in [1.54, 1.807) is 24.3 Å². The number of amides is 3. The molecule has 2 N–H and O–H groups in total. The zero-order valence-electron chi connectivity index (χ0n) is 19.3. The number of nitrogens with one attached hydrogen (secondary N) is 2. The minimum atomic E-state index is -0.440. The highest BCUT2D eigenvalue weighted by atomic mass is 35.5. The second kappa shape index (κ2) is 9.50. The van der Waals surface area contributed by atoms with E-state index in [0.29, 0.717) is 43.0 Å². The summed E-state index contributed by atoms with van der Waals surface area (Å²) in [5, 5.41) is 6.85. The van der Waals surface area contributed by atoms with E-state index in [0.717, 1.165) is 19.6 Å². The number of nitrogens with zero attached hydrogens (tertiary/aromatic N) is 4. The lowest BCUT2D eigenvalue weighted by molar-refractivity contribution is 0.103. The lowest BCUT2D eigenvalue weighted by Crippen LogP contribution is -2.35. The number of hydrogen-bond donors (Lipinski definition) is 2. The Bertz CT molecular complexity index is 1470. The maximum atomic E-state index is 13.3. The van der Waals surface area contributed by atoms with Crippen LogP contribution in [0.3, 0.4) is 0 Å². The Hall–Kier alpha value is -3.53. The number of carbonyl (C=O) groups is 2. The number of hydrogen-bond acceptors (Lipinski definition) is 6. The van der Waals surface area contributed by atoms with Crippen molar-refractivity contribution in [2.45, 2.75) is 25.8 Å². The van der Waals surface area contributed by atoms with Crippen molar-refractivity contribution in [3.8, 4) is 0 Å². The van der Waals surface area contributed by atoms with Gasteiger partial charge in [-0.05, 0) is 55.8 Å². The molecule has 2 aromatic heterocycles. The summed E-state index contributed by atoms with van der Waals surface area (Å²) >= 11 is 7.58. The summed E-state index contributed by atoms with van der Waals surface area (Å²) in [6, 6.07) is 14.5. The molecule has 0 atom stereocenters. The number of para-hydroxylation sites is 1. The van der Waals surface area contributed by atoms with Gasteiger partial charge >= 0.3 is 6.03 Å². The quantitative estimate of drug-likeness (QED) is 0.325. The number of aromatic nitrogens is 2. The summed E-state index contributed by atoms with van der Waals surface area (Å²) in [6.45, 7) is 3.19. The van der Waals surface area contributed by atoms with Crippen molar-refractivity contribution in [1.82, 2.24) is 14.9 Å². The van der Waals surface area contributed by atoms with Gasteiger partial charge < -0.3 is 10.6 Å². The van der Waals surface area contributed by atoms with Crippen LogP contribution in [0.5, 0.6) is 0 Å². The fourth-order valence-electron chi connectivity index (χ4n) is 4.74. The number of rotatable bonds is 5. The molecule has 2 aromatic carbocycles. The molecule has 6 rings (SSSR count). The van der Waals surface area contributed by atoms with E-state index < -0.39 is 6.03 Å². The fraction of sp³-hybridized carbons (Fsp3) is 0.231. The molecule has 10 heteroatoms. The van der Waals surface area contributed by atoms with Crippen LogP contribution in [0.15, 0.2) is 54.9 Å². The van der Waals surface area contributed by atoms with Crippen LogP contribution in [0.25, 0.3) is 10.2 Å². The third-order valence-electron chi connectivity index (χ3n) is 6.48. The Morgan fingerprint density at radius 1 is 1.06 bits per heavy atom. The zero-order chi connectivity index (χ0) is 24.6. The topological polar surface area (TPSA) is 90.5 Å². The molecule has 3 amide bonds. The molecule has 4 aromatic rings. The first-order valence-corrected chi connectivity index (χ1v) is 13.0. The van der Waals surface area contributed by atoms with Crippen molar-refractivity contribution < 1.29 is 9.59 Å². The van der Waals surface area contributed by atoms with Crippen LogP contribution < -0.4 is 15.5 Å². The molecule has 0 bridgehead atoms. The lowest BCUT2D eigenvalue weighted by Gasteiger charge is -2.27. The molecule has 2 aliphatic heterocycles. The van der Waals surface area contributed by atoms with Crippen LogP contribution in [0.4, 0.5) is 27.7 Å². The van der Waals surface area contributed by atoms with Gasteiger partial charge in [-0.15, -0.1) is 11.3 Å². The van der Waals surface area contributed by atoms with Crippen LogP contribution >= 0.6 is 22.9 Å². The number of urea groups is 1. The number of piperidine rings is 1. The minimum Gasteiger partial charge on any atom is -0.321 e. The highest BCUT2D eigenvalue weighted by Gasteiger charge is 2.34. The summed E-state index contributed by atoms with van der Waals surface area (Å²) < 4.78 is 0. The van der Waals surface area contributed by atoms with Gasteiger partial charge in [-0.2, -0.15) is 0 Å². The molecule has 2 aliphatic rings. The molecule has 182 valence electrons. The zero-order valence-corrected chi connectivity index (χ0v) is 20.9. The van der Waals surface area contributed by atoms with Crippen LogP contribution in [0.1, 0.15) is 34.5 Å². The van der Waals surface area contributed by atoms with Crippen LogP contribution in [-0.2, 0) is 6.54 Å². The van der Waals surface area contributed by atoms with Gasteiger partial charge in [0.05, 0.1) is 21.8 Å². The van der Waals surface area contributed by atoms with Gasteiger partial charge in [0.1, 0.15) is 16.0 Å². The molecule has 8 nitrogen and oxygen atoms in total. The SMILES string of the molecule is O=C(Nc1ccc(CN2CCCCC2)cc1)c1sc2ncnc3c2c1NC(=O)N3c1ccccc1Cl. The summed E-state index contributed by atoms with van der Waals surface area (Å²) in [4.78, 5) is 40.0. The Balaban J connectivity index is 1.27. The average Bonchev–Trinajstić information content (AvgIpc) is 3.26. The first kappa shape index (κ1) is 22.9. The molecule has 0 radical (unpaired) electrons. The Labute approximate surface area is 216 Å². The van der Waals surface area contributed by atoms with Crippen molar-refractivity contribution in [3.05, 3.63) is 70.3 Å². The normalized spacial score (nSPS) is 15.7. The first-order valence-electron chi connectivity index (χ1n) is 11.8. The largest absolute Gasteiger partial charge is 0.332 e. The van der Waals surface area contributed by atoms with Gasteiger partial charge in [-0.25, -0.2) is 19.7 Å². The maximum absolute atomic E-state index is 13.3. The van der Waals surface area contributed by atoms with Gasteiger partial charge in [0.2, 0.25) is 0 Å². The second-order valence-electron chi connectivity index (χ2n) is 8.89. The predicted molar refractivity (Wildman–Crippen MR) is 144 cm³/mol. The number of benzene rings is 2. The summed E-state index contributed by atoms with van der Waals surface area (Å²) in [7, 11) is 0. The van der Waals surface area contributed by atoms with Gasteiger partial charge in [-0.1, -0.05) is 42.3 Å².